The summed E-state index contributed by atoms with van der Waals surface area (Å²) < 4.78 is 0. The summed E-state index contributed by atoms with van der Waals surface area (Å²) in [6.45, 7) is 33.2. The minimum absolute atomic E-state index is 0.139. The average Bonchev–Trinajstić information content (AvgIpc) is 3.42. The monoisotopic (exact) mass is 944 g/mol. The van der Waals surface area contributed by atoms with Crippen LogP contribution < -0.4 is 0 Å². The lowest BCUT2D eigenvalue weighted by Crippen LogP contribution is -2.07. The lowest BCUT2D eigenvalue weighted by Gasteiger charge is -2.24. The number of pyridine rings is 1. The quantitative estimate of drug-likeness (QED) is 0.0906. The molecule has 0 radical (unpaired) electrons. The van der Waals surface area contributed by atoms with Gasteiger partial charge in [-0.1, -0.05) is 210 Å². The van der Waals surface area contributed by atoms with E-state index in [-0.39, 0.29) is 5.92 Å². The molecule has 8 aromatic carbocycles. The second-order valence-corrected chi connectivity index (χ2v) is 18.7. The molecule has 0 amide bonds. The van der Waals surface area contributed by atoms with Crippen molar-refractivity contribution in [3.8, 4) is 33.9 Å². The summed E-state index contributed by atoms with van der Waals surface area (Å²) in [7, 11) is 0. The summed E-state index contributed by atoms with van der Waals surface area (Å²) in [5, 5.41) is 9.48. The van der Waals surface area contributed by atoms with Crippen LogP contribution in [0, 0.1) is 6.92 Å². The smallest absolute Gasteiger partial charge is 0.160 e. The number of allylic oxidation sites excluding steroid dienone is 2. The van der Waals surface area contributed by atoms with Crippen molar-refractivity contribution in [2.24, 2.45) is 4.99 Å². The Morgan fingerprint density at radius 1 is 0.589 bits per heavy atom. The van der Waals surface area contributed by atoms with Gasteiger partial charge in [-0.25, -0.2) is 9.97 Å². The number of aliphatic imine (C=N–C) groups is 1. The summed E-state index contributed by atoms with van der Waals surface area (Å²) in [5.41, 5.74) is 17.4. The van der Waals surface area contributed by atoms with Gasteiger partial charge in [0.25, 0.3) is 0 Å². The SMILES string of the molecule is C=Cc1c(C)c(-c2nc(-c3ccc(C(=C)C)cc3)nc(-c3cc4ccccc4c4ccccc34)c2C(C)C)c2ccccc2c1/C=C\C.C=Cc1cc(C(C)=NC(=C)c2ccccn2)c2ccccc2c1C=C. The zero-order chi connectivity index (χ0) is 51.3. The molecular formula is C69H60N4. The van der Waals surface area contributed by atoms with E-state index in [0.717, 1.165) is 94.8 Å². The summed E-state index contributed by atoms with van der Waals surface area (Å²) in [6, 6.07) is 52.9. The highest BCUT2D eigenvalue weighted by Gasteiger charge is 2.26. The first-order chi connectivity index (χ1) is 35.5. The number of hydrogen-bond donors (Lipinski definition) is 0. The van der Waals surface area contributed by atoms with Crippen molar-refractivity contribution in [2.75, 3.05) is 0 Å². The zero-order valence-corrected chi connectivity index (χ0v) is 42.8. The van der Waals surface area contributed by atoms with Gasteiger partial charge in [0.2, 0.25) is 0 Å². The molecule has 10 rings (SSSR count). The lowest BCUT2D eigenvalue weighted by molar-refractivity contribution is 0.855. The fraction of sp³-hybridized carbons (Fsp3) is 0.101. The largest absolute Gasteiger partial charge is 0.255 e. The van der Waals surface area contributed by atoms with Crippen molar-refractivity contribution in [1.82, 2.24) is 15.0 Å². The molecule has 73 heavy (non-hydrogen) atoms. The van der Waals surface area contributed by atoms with Gasteiger partial charge in [0.15, 0.2) is 5.82 Å². The fourth-order valence-corrected chi connectivity index (χ4v) is 10.2. The van der Waals surface area contributed by atoms with Crippen LogP contribution in [0.25, 0.3) is 113 Å². The molecule has 356 valence electrons. The molecule has 4 nitrogen and oxygen atoms in total. The topological polar surface area (TPSA) is 51.0 Å². The maximum Gasteiger partial charge on any atom is 0.160 e. The van der Waals surface area contributed by atoms with Crippen molar-refractivity contribution in [3.63, 3.8) is 0 Å². The van der Waals surface area contributed by atoms with Gasteiger partial charge in [0.1, 0.15) is 0 Å². The molecular weight excluding hydrogens is 885 g/mol. The Labute approximate surface area is 430 Å². The lowest BCUT2D eigenvalue weighted by atomic mass is 9.83. The molecule has 0 saturated heterocycles. The molecule has 0 bridgehead atoms. The predicted octanol–water partition coefficient (Wildman–Crippen LogP) is 19.1. The molecule has 0 aliphatic carbocycles. The first-order valence-electron chi connectivity index (χ1n) is 24.8. The summed E-state index contributed by atoms with van der Waals surface area (Å²) >= 11 is 0. The number of hydrogen-bond acceptors (Lipinski definition) is 4. The highest BCUT2D eigenvalue weighted by molar-refractivity contribution is 6.15. The standard InChI is InChI=1S/C46H40N2.C23H20N2/c1-8-16-36-34(9-2)30(7)43(40-22-15-14-20-38(36)40)45-42(29(5)6)44(47-46(48-45)32-25-23-31(24-26-32)28(3)4)41-27-33-17-10-11-18-35(33)37-19-12-13-21-39(37)41;1-5-18-15-22(21-12-8-7-11-20(21)19(18)6-2)16(3)25-17(4)23-13-9-10-14-24-23/h8-27,29H,2-3H2,1,4-7H3;5-15H,1-2,4H2,3H3/b16-8-;. The Balaban J connectivity index is 0.000000221. The van der Waals surface area contributed by atoms with E-state index in [0.29, 0.717) is 11.5 Å². The number of aromatic nitrogens is 3. The van der Waals surface area contributed by atoms with Crippen LogP contribution in [0.3, 0.4) is 0 Å². The number of fused-ring (bicyclic) bond motifs is 5. The third-order valence-electron chi connectivity index (χ3n) is 13.7. The maximum absolute atomic E-state index is 5.51. The van der Waals surface area contributed by atoms with Crippen molar-refractivity contribution in [2.45, 2.75) is 47.5 Å². The number of benzene rings is 8. The van der Waals surface area contributed by atoms with E-state index < -0.39 is 0 Å². The Bertz CT molecular complexity index is 3890. The Morgan fingerprint density at radius 3 is 1.79 bits per heavy atom. The first-order valence-corrected chi connectivity index (χ1v) is 24.8. The molecule has 4 heteroatoms. The van der Waals surface area contributed by atoms with Crippen LogP contribution in [-0.4, -0.2) is 20.7 Å². The Morgan fingerprint density at radius 2 is 1.18 bits per heavy atom. The maximum atomic E-state index is 5.51. The van der Waals surface area contributed by atoms with Crippen LogP contribution in [0.4, 0.5) is 0 Å². The van der Waals surface area contributed by atoms with Gasteiger partial charge < -0.3 is 0 Å². The van der Waals surface area contributed by atoms with Crippen molar-refractivity contribution < 1.29 is 0 Å². The van der Waals surface area contributed by atoms with E-state index in [2.05, 4.69) is 199 Å². The summed E-state index contributed by atoms with van der Waals surface area (Å²) in [5.74, 6) is 0.844. The van der Waals surface area contributed by atoms with Gasteiger partial charge in [0.05, 0.1) is 22.8 Å². The highest BCUT2D eigenvalue weighted by atomic mass is 14.9. The molecule has 0 saturated carbocycles. The van der Waals surface area contributed by atoms with Crippen molar-refractivity contribution in [3.05, 3.63) is 247 Å². The van der Waals surface area contributed by atoms with Gasteiger partial charge in [-0.05, 0) is 134 Å². The van der Waals surface area contributed by atoms with E-state index in [4.69, 9.17) is 15.0 Å². The Hall–Kier alpha value is -8.86. The van der Waals surface area contributed by atoms with Crippen LogP contribution >= 0.6 is 0 Å². The molecule has 0 spiro atoms. The molecule has 2 aromatic heterocycles. The average molecular weight is 945 g/mol. The zero-order valence-electron chi connectivity index (χ0n) is 42.8. The minimum Gasteiger partial charge on any atom is -0.255 e. The summed E-state index contributed by atoms with van der Waals surface area (Å²) in [4.78, 5) is 20.0. The predicted molar refractivity (Wildman–Crippen MR) is 319 cm³/mol. The van der Waals surface area contributed by atoms with Crippen molar-refractivity contribution in [1.29, 1.82) is 0 Å². The number of nitrogens with zero attached hydrogens (tertiary/aromatic N) is 4. The highest BCUT2D eigenvalue weighted by Crippen LogP contribution is 2.46. The third-order valence-corrected chi connectivity index (χ3v) is 13.7. The van der Waals surface area contributed by atoms with E-state index in [9.17, 15) is 0 Å². The minimum atomic E-state index is 0.139. The van der Waals surface area contributed by atoms with E-state index in [1.807, 2.05) is 62.4 Å². The van der Waals surface area contributed by atoms with Crippen LogP contribution in [-0.2, 0) is 0 Å². The molecule has 10 aromatic rings. The van der Waals surface area contributed by atoms with E-state index >= 15 is 0 Å². The van der Waals surface area contributed by atoms with Crippen LogP contribution in [0.5, 0.6) is 0 Å². The molecule has 0 atom stereocenters. The van der Waals surface area contributed by atoms with Crippen LogP contribution in [0.15, 0.2) is 202 Å². The van der Waals surface area contributed by atoms with Gasteiger partial charge in [-0.15, -0.1) is 0 Å². The second-order valence-electron chi connectivity index (χ2n) is 18.7. The third kappa shape index (κ3) is 9.44. The van der Waals surface area contributed by atoms with Crippen molar-refractivity contribution >= 4 is 84.4 Å². The van der Waals surface area contributed by atoms with Gasteiger partial charge in [-0.3, -0.25) is 9.98 Å². The normalized spacial score (nSPS) is 11.6. The Kier molecular flexibility index (Phi) is 14.3. The molecule has 0 aliphatic rings. The van der Waals surface area contributed by atoms with Crippen LogP contribution in [0.1, 0.15) is 90.7 Å². The van der Waals surface area contributed by atoms with Gasteiger partial charge >= 0.3 is 0 Å². The molecule has 0 N–H and O–H groups in total. The number of rotatable bonds is 12. The fourth-order valence-electron chi connectivity index (χ4n) is 10.2. The van der Waals surface area contributed by atoms with Crippen LogP contribution in [0.2, 0.25) is 0 Å². The van der Waals surface area contributed by atoms with Gasteiger partial charge in [0, 0.05) is 39.7 Å². The first kappa shape index (κ1) is 49.1. The molecule has 0 unspecified atom stereocenters. The van der Waals surface area contributed by atoms with Gasteiger partial charge in [-0.2, -0.15) is 0 Å². The van der Waals surface area contributed by atoms with E-state index in [1.54, 1.807) is 6.20 Å². The molecule has 2 heterocycles. The van der Waals surface area contributed by atoms with E-state index in [1.165, 1.54) is 37.9 Å². The molecule has 0 fully saturated rings. The second kappa shape index (κ2) is 21.2. The summed E-state index contributed by atoms with van der Waals surface area (Å²) in [6.07, 6.45) is 11.8. The molecule has 0 aliphatic heterocycles.